The minimum atomic E-state index is -1.96. The van der Waals surface area contributed by atoms with Crippen molar-refractivity contribution in [1.29, 1.82) is 0 Å². The van der Waals surface area contributed by atoms with Gasteiger partial charge in [-0.3, -0.25) is 86.7 Å². The Labute approximate surface area is 713 Å². The standard InChI is InChI=1S/C78H143N23O21/c1-40(2)31-51(96-73(118)56(37-60(102)103)98-70(115)53(33-42(5)6)93-65(110)47(22-13-16-26-79)90-64(109)50(25-20-30-88-78(85)86)89-63(108)46(82)21-19-29-87-77(83)84)68(113)91-48(23-14-17-27-80)66(111)94-54(34-43(7)8)71(116)99-57(38-61(104)105)74(119)97-52(32-41(3)4)69(114)92-49(24-15-18-28-81)67(112)95-55(35-44(9)10)72(117)100-58(39-62(106)107)75(120)101-59(76(121)122)36-45(11)12/h40-59H,13-39,79-82H2,1-12H3,(H,89,108)(H,90,109)(H,91,113)(H,92,114)(H,93,110)(H,94,111)(H,95,112)(H,96,118)(H,97,119)(H,98,115)(H,99,116)(H,100,117)(H,101,120)(H,102,103)(H,104,105)(H,106,107)(H,121,122)(H4,83,84,87)(H4,85,86,88)/t46-,47-,48-,49-,50-,51-,52-,53-,54-,55-,56-,57-,58-,59-/m0/s1. The molecule has 0 radical (unpaired) electrons. The molecule has 0 rings (SSSR count). The monoisotopic (exact) mass is 1740 g/mol. The lowest BCUT2D eigenvalue weighted by atomic mass is 9.99. The van der Waals surface area contributed by atoms with Crippen molar-refractivity contribution in [3.05, 3.63) is 0 Å². The molecule has 0 aliphatic rings. The van der Waals surface area contributed by atoms with Crippen LogP contribution in [-0.4, -0.2) is 250 Å². The van der Waals surface area contributed by atoms with Crippen LogP contribution in [0.2, 0.25) is 0 Å². The largest absolute Gasteiger partial charge is 0.481 e. The maximum atomic E-state index is 14.7. The molecular formula is C78H143N23O21. The van der Waals surface area contributed by atoms with Crippen LogP contribution in [0.3, 0.4) is 0 Å². The molecule has 0 aromatic rings. The number of carbonyl (C=O) groups excluding carboxylic acids is 13. The summed E-state index contributed by atoms with van der Waals surface area (Å²) in [5, 5.41) is 72.5. The molecule has 0 fully saturated rings. The summed E-state index contributed by atoms with van der Waals surface area (Å²) in [5.41, 5.74) is 45.4. The Morgan fingerprint density at radius 2 is 0.426 bits per heavy atom. The van der Waals surface area contributed by atoms with Gasteiger partial charge in [-0.2, -0.15) is 0 Å². The van der Waals surface area contributed by atoms with Crippen molar-refractivity contribution in [2.75, 3.05) is 32.7 Å². The summed E-state index contributed by atoms with van der Waals surface area (Å²) in [5.74, 6) is -21.6. The molecule has 0 aromatic heterocycles. The second-order valence-electron chi connectivity index (χ2n) is 33.1. The van der Waals surface area contributed by atoms with Crippen LogP contribution in [0.25, 0.3) is 0 Å². The molecule has 0 aromatic carbocycles. The van der Waals surface area contributed by atoms with Crippen LogP contribution in [0.15, 0.2) is 9.98 Å². The van der Waals surface area contributed by atoms with Gasteiger partial charge in [-0.1, -0.05) is 83.1 Å². The number of hydrogen-bond acceptors (Lipinski definition) is 23. The zero-order chi connectivity index (χ0) is 93.2. The summed E-state index contributed by atoms with van der Waals surface area (Å²) in [4.78, 5) is 242. The minimum Gasteiger partial charge on any atom is -0.481 e. The molecule has 0 aliphatic carbocycles. The predicted molar refractivity (Wildman–Crippen MR) is 453 cm³/mol. The molecule has 0 saturated heterocycles. The zero-order valence-electron chi connectivity index (χ0n) is 72.9. The van der Waals surface area contributed by atoms with Gasteiger partial charge in [0.2, 0.25) is 76.8 Å². The fourth-order valence-corrected chi connectivity index (χ4v) is 12.6. The second-order valence-corrected chi connectivity index (χ2v) is 33.1. The lowest BCUT2D eigenvalue weighted by Gasteiger charge is -2.29. The van der Waals surface area contributed by atoms with E-state index in [0.29, 0.717) is 25.7 Å². The summed E-state index contributed by atoms with van der Waals surface area (Å²) < 4.78 is 0. The van der Waals surface area contributed by atoms with E-state index in [2.05, 4.69) is 79.1 Å². The molecule has 122 heavy (non-hydrogen) atoms. The van der Waals surface area contributed by atoms with Crippen molar-refractivity contribution < 1.29 is 102 Å². The lowest BCUT2D eigenvalue weighted by Crippen LogP contribution is -2.61. The molecule has 0 unspecified atom stereocenters. The van der Waals surface area contributed by atoms with Crippen LogP contribution in [-0.2, 0) is 81.5 Å². The number of hydrogen-bond donors (Lipinski definition) is 25. The van der Waals surface area contributed by atoms with Crippen molar-refractivity contribution in [2.24, 2.45) is 91.4 Å². The number of nitrogens with one attached hydrogen (secondary N) is 13. The summed E-state index contributed by atoms with van der Waals surface area (Å²) in [6, 6.07) is -21.6. The average molecular weight is 1740 g/mol. The van der Waals surface area contributed by atoms with Crippen LogP contribution < -0.4 is 115 Å². The predicted octanol–water partition coefficient (Wildman–Crippen LogP) is -4.10. The first kappa shape index (κ1) is 111. The van der Waals surface area contributed by atoms with E-state index in [4.69, 9.17) is 45.9 Å². The highest BCUT2D eigenvalue weighted by Crippen LogP contribution is 2.18. The quantitative estimate of drug-likeness (QED) is 0.0156. The minimum absolute atomic E-state index is 0.0324. The Morgan fingerprint density at radius 1 is 0.246 bits per heavy atom. The maximum absolute atomic E-state index is 14.7. The number of nitrogens with two attached hydrogens (primary N) is 8. The summed E-state index contributed by atoms with van der Waals surface area (Å²) in [6.45, 7) is 21.0. The first-order chi connectivity index (χ1) is 57.0. The number of unbranched alkanes of at least 4 members (excludes halogenated alkanes) is 3. The van der Waals surface area contributed by atoms with Crippen molar-refractivity contribution in [2.45, 2.75) is 309 Å². The molecular weight excluding hydrogens is 1590 g/mol. The van der Waals surface area contributed by atoms with E-state index in [9.17, 15) is 102 Å². The fraction of sp³-hybridized carbons (Fsp3) is 0.756. The van der Waals surface area contributed by atoms with E-state index >= 15 is 0 Å². The van der Waals surface area contributed by atoms with Crippen molar-refractivity contribution in [3.8, 4) is 0 Å². The maximum Gasteiger partial charge on any atom is 0.326 e. The number of rotatable bonds is 65. The smallest absolute Gasteiger partial charge is 0.326 e. The molecule has 0 saturated carbocycles. The molecule has 0 spiro atoms. The molecule has 0 aliphatic heterocycles. The van der Waals surface area contributed by atoms with Gasteiger partial charge in [-0.15, -0.1) is 0 Å². The van der Waals surface area contributed by atoms with Crippen molar-refractivity contribution in [3.63, 3.8) is 0 Å². The van der Waals surface area contributed by atoms with E-state index in [1.807, 2.05) is 0 Å². The molecule has 13 amide bonds. The topological polar surface area (TPSA) is 760 Å². The van der Waals surface area contributed by atoms with Gasteiger partial charge in [0.1, 0.15) is 78.5 Å². The Kier molecular flexibility index (Phi) is 54.7. The second kappa shape index (κ2) is 60.0. The highest BCUT2D eigenvalue weighted by molar-refractivity contribution is 6.01. The van der Waals surface area contributed by atoms with Crippen molar-refractivity contribution >= 4 is 113 Å². The van der Waals surface area contributed by atoms with Crippen LogP contribution in [0.5, 0.6) is 0 Å². The van der Waals surface area contributed by atoms with Gasteiger partial charge in [0, 0.05) is 13.1 Å². The van der Waals surface area contributed by atoms with Crippen LogP contribution in [0.1, 0.15) is 224 Å². The zero-order valence-corrected chi connectivity index (χ0v) is 72.9. The number of carboxylic acid groups (broad SMARTS) is 4. The summed E-state index contributed by atoms with van der Waals surface area (Å²) >= 11 is 0. The fourth-order valence-electron chi connectivity index (χ4n) is 12.6. The molecule has 0 bridgehead atoms. The third kappa shape index (κ3) is 48.7. The van der Waals surface area contributed by atoms with Crippen LogP contribution in [0.4, 0.5) is 0 Å². The van der Waals surface area contributed by atoms with Crippen LogP contribution in [0, 0.1) is 35.5 Å². The van der Waals surface area contributed by atoms with Gasteiger partial charge in [-0.25, -0.2) is 4.79 Å². The van der Waals surface area contributed by atoms with Gasteiger partial charge in [-0.05, 0) is 177 Å². The summed E-state index contributed by atoms with van der Waals surface area (Å²) in [6.07, 6.45) is -1.82. The Hall–Kier alpha value is -10.6. The summed E-state index contributed by atoms with van der Waals surface area (Å²) in [7, 11) is 0. The Balaban J connectivity index is 7.34. The Morgan fingerprint density at radius 3 is 0.639 bits per heavy atom. The molecule has 33 N–H and O–H groups in total. The molecule has 0 heterocycles. The van der Waals surface area contributed by atoms with E-state index < -0.39 is 222 Å². The number of aliphatic carboxylic acids is 4. The molecule has 696 valence electrons. The SMILES string of the molecule is CC(C)C[C@H](NC(=O)[C@H](CC(=O)O)NC(=O)[C@H](CC(C)C)NC(=O)[C@H](CCCCN)NC(=O)[C@H](CC(C)C)NC(=O)[C@H](CC(=O)O)NC(=O)[C@H](CC(C)C)NC(=O)[C@H](CCCCN)NC(=O)[C@H](CC(C)C)NC(=O)[C@H](CC(=O)O)NC(=O)[C@H](CC(C)C)NC(=O)[C@H](CCCCN)NC(=O)[C@H](CCCN=C(N)N)NC(=O)[C@@H](N)CCCN=C(N)N)C(=O)O. The van der Waals surface area contributed by atoms with Crippen molar-refractivity contribution in [1.82, 2.24) is 69.1 Å². The Bertz CT molecular complexity index is 3450. The lowest BCUT2D eigenvalue weighted by molar-refractivity contribution is -0.144. The number of amides is 13. The highest BCUT2D eigenvalue weighted by Gasteiger charge is 2.40. The van der Waals surface area contributed by atoms with E-state index in [0.717, 1.165) is 0 Å². The van der Waals surface area contributed by atoms with Gasteiger partial charge in [0.15, 0.2) is 11.9 Å². The third-order valence-corrected chi connectivity index (χ3v) is 18.7. The number of carbonyl (C=O) groups is 17. The first-order valence-corrected chi connectivity index (χ1v) is 41.9. The average Bonchev–Trinajstić information content (AvgIpc) is 0.858. The van der Waals surface area contributed by atoms with Gasteiger partial charge in [0.25, 0.3) is 0 Å². The van der Waals surface area contributed by atoms with Gasteiger partial charge in [0.05, 0.1) is 25.3 Å². The van der Waals surface area contributed by atoms with E-state index in [-0.39, 0.29) is 159 Å². The highest BCUT2D eigenvalue weighted by atomic mass is 16.4. The van der Waals surface area contributed by atoms with Gasteiger partial charge < -0.3 is 135 Å². The number of nitrogens with zero attached hydrogens (tertiary/aromatic N) is 2. The molecule has 44 nitrogen and oxygen atoms in total. The first-order valence-electron chi connectivity index (χ1n) is 41.9. The van der Waals surface area contributed by atoms with E-state index in [1.54, 1.807) is 83.1 Å². The van der Waals surface area contributed by atoms with Crippen LogP contribution >= 0.6 is 0 Å². The van der Waals surface area contributed by atoms with Gasteiger partial charge >= 0.3 is 23.9 Å². The normalized spacial score (nSPS) is 14.8. The van der Waals surface area contributed by atoms with E-state index in [1.165, 1.54) is 0 Å². The number of aliphatic imine (C=N–C) groups is 2. The molecule has 14 atom stereocenters. The number of guanidine groups is 2. The third-order valence-electron chi connectivity index (χ3n) is 18.7. The molecule has 44 heteroatoms. The number of carboxylic acids is 4.